The number of carbonyl (C=O) groups excluding carboxylic acids is 1. The fraction of sp³-hybridized carbons (Fsp3) is 0.375. The van der Waals surface area contributed by atoms with Crippen LogP contribution in [0, 0.1) is 6.92 Å². The first kappa shape index (κ1) is 15.1. The van der Waals surface area contributed by atoms with Gasteiger partial charge in [-0.05, 0) is 27.7 Å². The highest BCUT2D eigenvalue weighted by Gasteiger charge is 2.27. The van der Waals surface area contributed by atoms with E-state index in [2.05, 4.69) is 10.4 Å². The zero-order valence-electron chi connectivity index (χ0n) is 13.2. The largest absolute Gasteiger partial charge is 0.373 e. The molecule has 0 atom stereocenters. The molecule has 1 amide bonds. The second-order valence-corrected chi connectivity index (χ2v) is 6.14. The summed E-state index contributed by atoms with van der Waals surface area (Å²) >= 11 is 0. The average Bonchev–Trinajstić information content (AvgIpc) is 2.79. The molecule has 3 N–H and O–H groups in total. The lowest BCUT2D eigenvalue weighted by Crippen LogP contribution is -2.25. The molecule has 0 radical (unpaired) electrons. The molecule has 1 heterocycles. The summed E-state index contributed by atoms with van der Waals surface area (Å²) in [5.74, 6) is 0.163. The molecule has 2 rings (SSSR count). The van der Waals surface area contributed by atoms with Crippen LogP contribution in [0.4, 0.5) is 5.82 Å². The summed E-state index contributed by atoms with van der Waals surface area (Å²) in [7, 11) is 1.77. The van der Waals surface area contributed by atoms with Crippen molar-refractivity contribution in [2.24, 2.45) is 5.73 Å². The van der Waals surface area contributed by atoms with Gasteiger partial charge in [0.15, 0.2) is 0 Å². The number of nitrogens with two attached hydrogens (primary N) is 1. The Morgan fingerprint density at radius 2 is 1.81 bits per heavy atom. The van der Waals surface area contributed by atoms with E-state index >= 15 is 0 Å². The van der Waals surface area contributed by atoms with E-state index in [0.717, 1.165) is 11.1 Å². The molecule has 1 aromatic heterocycles. The molecule has 0 saturated carbocycles. The van der Waals surface area contributed by atoms with Crippen LogP contribution < -0.4 is 11.1 Å². The first-order chi connectivity index (χ1) is 9.75. The van der Waals surface area contributed by atoms with Crippen LogP contribution in [0.5, 0.6) is 0 Å². The van der Waals surface area contributed by atoms with Gasteiger partial charge in [-0.3, -0.25) is 4.79 Å². The van der Waals surface area contributed by atoms with Crippen molar-refractivity contribution >= 4 is 11.7 Å². The number of anilines is 1. The minimum atomic E-state index is -0.481. The van der Waals surface area contributed by atoms with Crippen LogP contribution in [0.3, 0.4) is 0 Å². The van der Waals surface area contributed by atoms with Crippen molar-refractivity contribution in [3.05, 3.63) is 35.4 Å². The first-order valence-electron chi connectivity index (χ1n) is 6.93. The normalized spacial score (nSPS) is 11.5. The molecule has 0 aliphatic carbocycles. The van der Waals surface area contributed by atoms with Gasteiger partial charge in [-0.15, -0.1) is 0 Å². The average molecular weight is 286 g/mol. The quantitative estimate of drug-likeness (QED) is 0.911. The van der Waals surface area contributed by atoms with E-state index in [0.29, 0.717) is 17.1 Å². The molecule has 2 aromatic rings. The van der Waals surface area contributed by atoms with Gasteiger partial charge in [-0.25, -0.2) is 4.68 Å². The summed E-state index contributed by atoms with van der Waals surface area (Å²) in [5.41, 5.74) is 8.40. The molecule has 0 aliphatic rings. The summed E-state index contributed by atoms with van der Waals surface area (Å²) in [6, 6.07) is 7.90. The Balaban J connectivity index is 2.73. The van der Waals surface area contributed by atoms with Crippen LogP contribution in [0.1, 0.15) is 36.7 Å². The van der Waals surface area contributed by atoms with E-state index in [1.54, 1.807) is 7.05 Å². The lowest BCUT2D eigenvalue weighted by molar-refractivity contribution is 0.100. The number of primary amides is 1. The van der Waals surface area contributed by atoms with E-state index in [9.17, 15) is 4.79 Å². The van der Waals surface area contributed by atoms with Crippen molar-refractivity contribution in [3.8, 4) is 11.3 Å². The Labute approximate surface area is 125 Å². The van der Waals surface area contributed by atoms with E-state index in [1.807, 2.05) is 56.6 Å². The van der Waals surface area contributed by atoms with Crippen LogP contribution in [0.2, 0.25) is 0 Å². The van der Waals surface area contributed by atoms with Gasteiger partial charge in [0.05, 0.1) is 5.54 Å². The number of rotatable bonds is 3. The van der Waals surface area contributed by atoms with Crippen molar-refractivity contribution < 1.29 is 4.79 Å². The van der Waals surface area contributed by atoms with Gasteiger partial charge in [0.2, 0.25) is 0 Å². The molecule has 21 heavy (non-hydrogen) atoms. The van der Waals surface area contributed by atoms with Crippen molar-refractivity contribution in [1.82, 2.24) is 9.78 Å². The minimum Gasteiger partial charge on any atom is -0.373 e. The highest BCUT2D eigenvalue weighted by atomic mass is 16.1. The van der Waals surface area contributed by atoms with Crippen LogP contribution >= 0.6 is 0 Å². The van der Waals surface area contributed by atoms with Crippen LogP contribution in [0.25, 0.3) is 11.3 Å². The van der Waals surface area contributed by atoms with E-state index < -0.39 is 5.91 Å². The Kier molecular flexibility index (Phi) is 3.77. The number of amides is 1. The molecule has 0 fully saturated rings. The Morgan fingerprint density at radius 3 is 2.24 bits per heavy atom. The summed E-state index contributed by atoms with van der Waals surface area (Å²) < 4.78 is 1.81. The van der Waals surface area contributed by atoms with Crippen LogP contribution in [0.15, 0.2) is 24.3 Å². The van der Waals surface area contributed by atoms with Gasteiger partial charge in [0.1, 0.15) is 17.1 Å². The highest BCUT2D eigenvalue weighted by molar-refractivity contribution is 6.03. The molecule has 112 valence electrons. The number of hydrogen-bond donors (Lipinski definition) is 2. The lowest BCUT2D eigenvalue weighted by Gasteiger charge is -2.22. The number of nitrogens with one attached hydrogen (secondary N) is 1. The number of hydrogen-bond acceptors (Lipinski definition) is 3. The maximum Gasteiger partial charge on any atom is 0.254 e. The smallest absolute Gasteiger partial charge is 0.254 e. The van der Waals surface area contributed by atoms with Gasteiger partial charge in [0, 0.05) is 12.6 Å². The molecule has 1 aromatic carbocycles. The zero-order valence-corrected chi connectivity index (χ0v) is 13.2. The van der Waals surface area contributed by atoms with Crippen molar-refractivity contribution in [2.45, 2.75) is 33.2 Å². The Morgan fingerprint density at radius 1 is 1.24 bits per heavy atom. The number of nitrogens with zero attached hydrogens (tertiary/aromatic N) is 2. The molecule has 0 spiro atoms. The molecule has 0 unspecified atom stereocenters. The maximum absolute atomic E-state index is 11.9. The molecule has 0 bridgehead atoms. The topological polar surface area (TPSA) is 72.9 Å². The van der Waals surface area contributed by atoms with Gasteiger partial charge < -0.3 is 11.1 Å². The second kappa shape index (κ2) is 5.24. The third kappa shape index (κ3) is 2.77. The number of aryl methyl sites for hydroxylation is 1. The molecule has 0 aliphatic heterocycles. The summed E-state index contributed by atoms with van der Waals surface area (Å²) in [6.07, 6.45) is 0. The minimum absolute atomic E-state index is 0.258. The van der Waals surface area contributed by atoms with Gasteiger partial charge >= 0.3 is 0 Å². The number of aromatic nitrogens is 2. The third-order valence-electron chi connectivity index (χ3n) is 3.33. The van der Waals surface area contributed by atoms with Gasteiger partial charge in [-0.2, -0.15) is 5.10 Å². The summed E-state index contributed by atoms with van der Waals surface area (Å²) in [5, 5.41) is 7.68. The molecule has 0 saturated heterocycles. The maximum atomic E-state index is 11.9. The Hall–Kier alpha value is -2.30. The third-order valence-corrected chi connectivity index (χ3v) is 3.33. The standard InChI is InChI=1S/C16H22N4O/c1-10-6-8-11(9-7-10)13-12(14(17)21)15(18-5)20(19-13)16(2,3)4/h6-9,18H,1-5H3,(H2,17,21). The summed E-state index contributed by atoms with van der Waals surface area (Å²) in [4.78, 5) is 11.9. The molecular formula is C16H22N4O. The lowest BCUT2D eigenvalue weighted by atomic mass is 10.1. The van der Waals surface area contributed by atoms with E-state index in [1.165, 1.54) is 0 Å². The number of benzene rings is 1. The predicted octanol–water partition coefficient (Wildman–Crippen LogP) is 2.75. The molecule has 5 nitrogen and oxygen atoms in total. The van der Waals surface area contributed by atoms with Crippen molar-refractivity contribution in [3.63, 3.8) is 0 Å². The fourth-order valence-corrected chi connectivity index (χ4v) is 2.28. The molecule has 5 heteroatoms. The van der Waals surface area contributed by atoms with E-state index in [4.69, 9.17) is 5.73 Å². The molecular weight excluding hydrogens is 264 g/mol. The van der Waals surface area contributed by atoms with Gasteiger partial charge in [0.25, 0.3) is 5.91 Å². The predicted molar refractivity (Wildman–Crippen MR) is 85.5 cm³/mol. The van der Waals surface area contributed by atoms with Gasteiger partial charge in [-0.1, -0.05) is 29.8 Å². The van der Waals surface area contributed by atoms with Crippen LogP contribution in [-0.2, 0) is 5.54 Å². The monoisotopic (exact) mass is 286 g/mol. The van der Waals surface area contributed by atoms with E-state index in [-0.39, 0.29) is 5.54 Å². The first-order valence-corrected chi connectivity index (χ1v) is 6.93. The second-order valence-electron chi connectivity index (χ2n) is 6.14. The van der Waals surface area contributed by atoms with Crippen LogP contribution in [-0.4, -0.2) is 22.7 Å². The zero-order chi connectivity index (χ0) is 15.8. The Bertz CT molecular complexity index is 663. The highest BCUT2D eigenvalue weighted by Crippen LogP contribution is 2.32. The van der Waals surface area contributed by atoms with Crippen molar-refractivity contribution in [2.75, 3.05) is 12.4 Å². The number of carbonyl (C=O) groups is 1. The summed E-state index contributed by atoms with van der Waals surface area (Å²) in [6.45, 7) is 8.12. The van der Waals surface area contributed by atoms with Crippen molar-refractivity contribution in [1.29, 1.82) is 0 Å². The fourth-order valence-electron chi connectivity index (χ4n) is 2.28. The SMILES string of the molecule is CNc1c(C(N)=O)c(-c2ccc(C)cc2)nn1C(C)(C)C.